The first kappa shape index (κ1) is 20.9. The summed E-state index contributed by atoms with van der Waals surface area (Å²) in [6, 6.07) is 29.6. The van der Waals surface area contributed by atoms with Gasteiger partial charge in [0, 0.05) is 5.56 Å². The van der Waals surface area contributed by atoms with Crippen molar-refractivity contribution in [1.82, 2.24) is 0 Å². The van der Waals surface area contributed by atoms with Crippen molar-refractivity contribution in [3.8, 4) is 17.2 Å². The summed E-state index contributed by atoms with van der Waals surface area (Å²) in [5.41, 5.74) is 8.87. The fourth-order valence-corrected chi connectivity index (χ4v) is 8.23. The highest BCUT2D eigenvalue weighted by atomic mass is 28.3. The van der Waals surface area contributed by atoms with Crippen LogP contribution in [-0.2, 0) is 6.54 Å². The molecule has 0 saturated carbocycles. The molecule has 0 spiro atoms. The van der Waals surface area contributed by atoms with Gasteiger partial charge in [-0.3, -0.25) is 0 Å². The lowest BCUT2D eigenvalue weighted by molar-refractivity contribution is -0.386. The van der Waals surface area contributed by atoms with E-state index in [9.17, 15) is 0 Å². The van der Waals surface area contributed by atoms with Crippen molar-refractivity contribution < 1.29 is 10.5 Å². The van der Waals surface area contributed by atoms with Gasteiger partial charge in [-0.15, -0.1) is 5.54 Å². The minimum absolute atomic E-state index is 0.0263. The Bertz CT molecular complexity index is 925. The van der Waals surface area contributed by atoms with E-state index in [0.717, 1.165) is 12.3 Å². The van der Waals surface area contributed by atoms with Crippen LogP contribution in [0.3, 0.4) is 0 Å². The number of hydrogen-bond donors (Lipinski definition) is 1. The van der Waals surface area contributed by atoms with Crippen LogP contribution in [0.25, 0.3) is 0 Å². The minimum Gasteiger partial charge on any atom is -0.481 e. The van der Waals surface area contributed by atoms with Crippen LogP contribution >= 0.6 is 0 Å². The van der Waals surface area contributed by atoms with E-state index < -0.39 is 8.07 Å². The summed E-state index contributed by atoms with van der Waals surface area (Å²) in [7, 11) is -2.35. The normalized spacial score (nSPS) is 11.4. The molecule has 3 aromatic carbocycles. The molecule has 3 heteroatoms. The molecule has 3 N–H and O–H groups in total. The summed E-state index contributed by atoms with van der Waals surface area (Å²) in [4.78, 5) is 0. The highest BCUT2D eigenvalue weighted by Gasteiger charge is 2.46. The van der Waals surface area contributed by atoms with Crippen molar-refractivity contribution in [3.63, 3.8) is 0 Å². The Morgan fingerprint density at radius 2 is 1.31 bits per heavy atom. The third-order valence-corrected chi connectivity index (χ3v) is 10.5. The fourth-order valence-electron chi connectivity index (χ4n) is 3.78. The summed E-state index contributed by atoms with van der Waals surface area (Å²) in [6.45, 7) is 8.10. The molecular weight excluding hydrogens is 370 g/mol. The Balaban J connectivity index is 1.97. The van der Waals surface area contributed by atoms with Crippen LogP contribution in [0, 0.1) is 11.5 Å². The van der Waals surface area contributed by atoms with Crippen LogP contribution in [0.5, 0.6) is 5.75 Å². The topological polar surface area (TPSA) is 36.9 Å². The molecule has 0 atom stereocenters. The maximum Gasteiger partial charge on any atom is 0.204 e. The molecule has 0 radical (unpaired) electrons. The van der Waals surface area contributed by atoms with Gasteiger partial charge in [-0.1, -0.05) is 87.4 Å². The minimum atomic E-state index is -2.35. The van der Waals surface area contributed by atoms with Gasteiger partial charge >= 0.3 is 0 Å². The third-order valence-electron chi connectivity index (χ3n) is 5.34. The van der Waals surface area contributed by atoms with Gasteiger partial charge in [-0.05, 0) is 39.7 Å². The summed E-state index contributed by atoms with van der Waals surface area (Å²) in [5, 5.41) is 2.70. The molecule has 0 unspecified atom stereocenters. The summed E-state index contributed by atoms with van der Waals surface area (Å²) >= 11 is 0. The van der Waals surface area contributed by atoms with E-state index in [1.807, 2.05) is 12.1 Å². The van der Waals surface area contributed by atoms with Crippen LogP contribution in [0.1, 0.15) is 26.3 Å². The van der Waals surface area contributed by atoms with Gasteiger partial charge < -0.3 is 10.5 Å². The average molecular weight is 401 g/mol. The number of benzene rings is 3. The first-order chi connectivity index (χ1) is 14.0. The number of ether oxygens (including phenoxy) is 1. The molecule has 0 saturated heterocycles. The average Bonchev–Trinajstić information content (AvgIpc) is 2.74. The van der Waals surface area contributed by atoms with Crippen molar-refractivity contribution in [2.45, 2.75) is 32.4 Å². The molecule has 0 bridgehead atoms. The van der Waals surface area contributed by atoms with Crippen LogP contribution in [0.15, 0.2) is 84.9 Å². The van der Waals surface area contributed by atoms with Gasteiger partial charge in [-0.25, -0.2) is 0 Å². The molecule has 0 fully saturated rings. The van der Waals surface area contributed by atoms with Crippen molar-refractivity contribution >= 4 is 18.4 Å². The predicted molar refractivity (Wildman–Crippen MR) is 124 cm³/mol. The zero-order valence-corrected chi connectivity index (χ0v) is 18.6. The Kier molecular flexibility index (Phi) is 6.59. The molecule has 0 aliphatic heterocycles. The second-order valence-corrected chi connectivity index (χ2v) is 12.6. The van der Waals surface area contributed by atoms with E-state index in [2.05, 4.69) is 111 Å². The van der Waals surface area contributed by atoms with Gasteiger partial charge in [0.05, 0.1) is 6.54 Å². The van der Waals surface area contributed by atoms with Crippen molar-refractivity contribution in [2.75, 3.05) is 6.61 Å². The SMILES string of the molecule is CC(C)(C)[Si](C#CCOc1ccc(C[NH3+])cc1)(c1ccccc1)c1ccccc1. The monoisotopic (exact) mass is 400 g/mol. The van der Waals surface area contributed by atoms with Crippen LogP contribution in [0.2, 0.25) is 5.04 Å². The van der Waals surface area contributed by atoms with Gasteiger partial charge in [0.25, 0.3) is 0 Å². The van der Waals surface area contributed by atoms with E-state index in [1.165, 1.54) is 15.9 Å². The largest absolute Gasteiger partial charge is 0.481 e. The molecule has 0 aliphatic rings. The molecule has 0 aromatic heterocycles. The zero-order valence-electron chi connectivity index (χ0n) is 17.6. The number of rotatable bonds is 5. The highest BCUT2D eigenvalue weighted by Crippen LogP contribution is 2.35. The molecule has 3 aromatic rings. The summed E-state index contributed by atoms with van der Waals surface area (Å²) < 4.78 is 5.91. The smallest absolute Gasteiger partial charge is 0.204 e. The summed E-state index contributed by atoms with van der Waals surface area (Å²) in [6.07, 6.45) is 0. The third kappa shape index (κ3) is 4.62. The lowest BCUT2D eigenvalue weighted by Crippen LogP contribution is -2.63. The standard InChI is InChI=1S/C26H29NOSi/c1-26(2,3)29(24-11-6-4-7-12-24,25-13-8-5-9-14-25)20-10-19-28-23-17-15-22(21-27)16-18-23/h4-9,11-18H,19,21,27H2,1-3H3/p+1. The second kappa shape index (κ2) is 9.13. The van der Waals surface area contributed by atoms with Gasteiger partial charge in [-0.2, -0.15) is 0 Å². The van der Waals surface area contributed by atoms with E-state index in [1.54, 1.807) is 0 Å². The molecular formula is C26H30NOSi+. The Morgan fingerprint density at radius 3 is 1.76 bits per heavy atom. The Labute approximate surface area is 175 Å². The molecule has 29 heavy (non-hydrogen) atoms. The van der Waals surface area contributed by atoms with E-state index in [4.69, 9.17) is 4.74 Å². The lowest BCUT2D eigenvalue weighted by atomic mass is 10.2. The predicted octanol–water partition coefficient (Wildman–Crippen LogP) is 3.41. The fraction of sp³-hybridized carbons (Fsp3) is 0.231. The molecule has 0 heterocycles. The highest BCUT2D eigenvalue weighted by molar-refractivity contribution is 7.10. The van der Waals surface area contributed by atoms with E-state index in [-0.39, 0.29) is 5.04 Å². The van der Waals surface area contributed by atoms with Crippen LogP contribution in [-0.4, -0.2) is 14.7 Å². The van der Waals surface area contributed by atoms with Crippen molar-refractivity contribution in [2.24, 2.45) is 0 Å². The second-order valence-electron chi connectivity index (χ2n) is 8.22. The first-order valence-electron chi connectivity index (χ1n) is 10.1. The zero-order chi connectivity index (χ0) is 20.7. The molecule has 148 valence electrons. The van der Waals surface area contributed by atoms with Gasteiger partial charge in [0.1, 0.15) is 12.4 Å². The molecule has 0 amide bonds. The van der Waals surface area contributed by atoms with Gasteiger partial charge in [0.2, 0.25) is 8.07 Å². The summed E-state index contributed by atoms with van der Waals surface area (Å²) in [5.74, 6) is 4.23. The van der Waals surface area contributed by atoms with Crippen molar-refractivity contribution in [3.05, 3.63) is 90.5 Å². The van der Waals surface area contributed by atoms with Crippen molar-refractivity contribution in [1.29, 1.82) is 0 Å². The Hall–Kier alpha value is -2.80. The number of hydrogen-bond acceptors (Lipinski definition) is 1. The maximum absolute atomic E-state index is 5.91. The molecule has 2 nitrogen and oxygen atoms in total. The van der Waals surface area contributed by atoms with Crippen LogP contribution < -0.4 is 20.8 Å². The molecule has 3 rings (SSSR count). The van der Waals surface area contributed by atoms with E-state index in [0.29, 0.717) is 6.61 Å². The quantitative estimate of drug-likeness (QED) is 0.517. The molecule has 0 aliphatic carbocycles. The van der Waals surface area contributed by atoms with Crippen LogP contribution in [0.4, 0.5) is 0 Å². The Morgan fingerprint density at radius 1 is 0.793 bits per heavy atom. The number of quaternary nitrogens is 1. The van der Waals surface area contributed by atoms with Gasteiger partial charge in [0.15, 0.2) is 0 Å². The lowest BCUT2D eigenvalue weighted by Gasteiger charge is -2.39. The first-order valence-corrected chi connectivity index (χ1v) is 12.1. The van der Waals surface area contributed by atoms with E-state index >= 15 is 0 Å². The maximum atomic E-state index is 5.91.